The molecule has 0 bridgehead atoms. The van der Waals surface area contributed by atoms with Gasteiger partial charge in [-0.25, -0.2) is 0 Å². The van der Waals surface area contributed by atoms with Crippen molar-refractivity contribution in [1.82, 2.24) is 9.88 Å². The van der Waals surface area contributed by atoms with Crippen LogP contribution in [0.15, 0.2) is 72.9 Å². The van der Waals surface area contributed by atoms with E-state index in [-0.39, 0.29) is 18.1 Å². The molecule has 0 saturated carbocycles. The fraction of sp³-hybridized carbons (Fsp3) is 0.379. The van der Waals surface area contributed by atoms with Gasteiger partial charge in [-0.15, -0.1) is 0 Å². The van der Waals surface area contributed by atoms with E-state index in [0.717, 1.165) is 56.0 Å². The summed E-state index contributed by atoms with van der Waals surface area (Å²) < 4.78 is 12.2. The van der Waals surface area contributed by atoms with E-state index in [1.807, 2.05) is 41.3 Å². The molecule has 2 saturated heterocycles. The predicted molar refractivity (Wildman–Crippen MR) is 136 cm³/mol. The summed E-state index contributed by atoms with van der Waals surface area (Å²) in [5, 5.41) is 0. The lowest BCUT2D eigenvalue weighted by Gasteiger charge is -2.42. The van der Waals surface area contributed by atoms with Crippen molar-refractivity contribution in [3.05, 3.63) is 89.7 Å². The van der Waals surface area contributed by atoms with Crippen LogP contribution in [0.25, 0.3) is 0 Å². The van der Waals surface area contributed by atoms with Gasteiger partial charge in [-0.2, -0.15) is 0 Å². The Balaban J connectivity index is 1.20. The zero-order chi connectivity index (χ0) is 24.1. The zero-order valence-electron chi connectivity index (χ0n) is 20.4. The van der Waals surface area contributed by atoms with Crippen molar-refractivity contribution in [2.75, 3.05) is 31.1 Å². The molecule has 1 atom stereocenters. The molecule has 1 spiro atoms. The highest BCUT2D eigenvalue weighted by Gasteiger charge is 2.41. The topological polar surface area (TPSA) is 54.9 Å². The summed E-state index contributed by atoms with van der Waals surface area (Å²) in [6.45, 7) is 6.14. The second-order valence-corrected chi connectivity index (χ2v) is 9.67. The molecular weight excluding hydrogens is 438 g/mol. The highest BCUT2D eigenvalue weighted by Crippen LogP contribution is 2.33. The normalized spacial score (nSPS) is 21.2. The first-order valence-corrected chi connectivity index (χ1v) is 12.4. The Kier molecular flexibility index (Phi) is 7.11. The fourth-order valence-electron chi connectivity index (χ4n) is 4.99. The van der Waals surface area contributed by atoms with E-state index in [9.17, 15) is 4.79 Å². The van der Waals surface area contributed by atoms with Crippen LogP contribution in [0.3, 0.4) is 0 Å². The number of likely N-dealkylation sites (tertiary alicyclic amines) is 1. The van der Waals surface area contributed by atoms with Gasteiger partial charge in [0.05, 0.1) is 17.8 Å². The van der Waals surface area contributed by atoms with Gasteiger partial charge in [0.25, 0.3) is 5.91 Å². The van der Waals surface area contributed by atoms with Crippen LogP contribution >= 0.6 is 0 Å². The van der Waals surface area contributed by atoms with E-state index in [1.165, 1.54) is 11.1 Å². The van der Waals surface area contributed by atoms with Crippen LogP contribution in [0.2, 0.25) is 0 Å². The number of ether oxygens (including phenoxy) is 2. The molecule has 3 aromatic rings. The zero-order valence-corrected chi connectivity index (χ0v) is 20.4. The Hall–Kier alpha value is -3.22. The third kappa shape index (κ3) is 5.89. The third-order valence-corrected chi connectivity index (χ3v) is 7.00. The molecule has 2 aromatic carbocycles. The molecule has 182 valence electrons. The van der Waals surface area contributed by atoms with E-state index in [0.29, 0.717) is 13.2 Å². The van der Waals surface area contributed by atoms with Crippen LogP contribution in [0, 0.1) is 6.92 Å². The van der Waals surface area contributed by atoms with Crippen molar-refractivity contribution in [2.24, 2.45) is 0 Å². The van der Waals surface area contributed by atoms with Crippen molar-refractivity contribution < 1.29 is 14.3 Å². The van der Waals surface area contributed by atoms with Crippen molar-refractivity contribution in [3.63, 3.8) is 0 Å². The predicted octanol–water partition coefficient (Wildman–Crippen LogP) is 4.76. The summed E-state index contributed by atoms with van der Waals surface area (Å²) in [6.07, 6.45) is 4.71. The number of morpholine rings is 1. The van der Waals surface area contributed by atoms with E-state index >= 15 is 0 Å². The lowest BCUT2D eigenvalue weighted by Crippen LogP contribution is -2.55. The van der Waals surface area contributed by atoms with Crippen molar-refractivity contribution in [2.45, 2.75) is 44.9 Å². The summed E-state index contributed by atoms with van der Waals surface area (Å²) in [7, 11) is 0. The molecule has 1 unspecified atom stereocenters. The number of hydrogen-bond donors (Lipinski definition) is 0. The minimum Gasteiger partial charge on any atom is -0.487 e. The number of nitrogens with zero attached hydrogens (tertiary/aromatic N) is 3. The molecular formula is C29H33N3O3. The van der Waals surface area contributed by atoms with Gasteiger partial charge in [-0.3, -0.25) is 14.7 Å². The van der Waals surface area contributed by atoms with Gasteiger partial charge in [0.2, 0.25) is 0 Å². The smallest absolute Gasteiger partial charge is 0.253 e. The minimum absolute atomic E-state index is 0.0445. The molecule has 0 aliphatic carbocycles. The minimum atomic E-state index is -0.277. The number of carbonyl (C=O) groups excluding carboxylic acids is 1. The Morgan fingerprint density at radius 2 is 1.91 bits per heavy atom. The maximum Gasteiger partial charge on any atom is 0.253 e. The highest BCUT2D eigenvalue weighted by atomic mass is 16.5. The number of rotatable bonds is 6. The average molecular weight is 472 g/mol. The second kappa shape index (κ2) is 10.6. The van der Waals surface area contributed by atoms with Crippen LogP contribution in [0.4, 0.5) is 5.69 Å². The Labute approximate surface area is 207 Å². The second-order valence-electron chi connectivity index (χ2n) is 9.67. The molecule has 0 radical (unpaired) electrons. The van der Waals surface area contributed by atoms with Gasteiger partial charge in [-0.1, -0.05) is 35.9 Å². The van der Waals surface area contributed by atoms with Gasteiger partial charge >= 0.3 is 0 Å². The van der Waals surface area contributed by atoms with Crippen molar-refractivity contribution >= 4 is 11.6 Å². The van der Waals surface area contributed by atoms with Crippen LogP contribution in [0.1, 0.15) is 36.1 Å². The summed E-state index contributed by atoms with van der Waals surface area (Å²) >= 11 is 0. The van der Waals surface area contributed by atoms with Gasteiger partial charge in [0, 0.05) is 25.0 Å². The molecule has 5 rings (SSSR count). The first-order valence-electron chi connectivity index (χ1n) is 12.4. The highest BCUT2D eigenvalue weighted by molar-refractivity contribution is 5.95. The van der Waals surface area contributed by atoms with E-state index < -0.39 is 0 Å². The molecule has 6 nitrogen and oxygen atoms in total. The number of amides is 1. The number of benzene rings is 2. The number of anilines is 1. The van der Waals surface area contributed by atoms with Crippen molar-refractivity contribution in [1.29, 1.82) is 0 Å². The molecule has 2 fully saturated rings. The number of aryl methyl sites for hydroxylation is 1. The van der Waals surface area contributed by atoms with Gasteiger partial charge in [0.1, 0.15) is 19.0 Å². The van der Waals surface area contributed by atoms with E-state index in [4.69, 9.17) is 9.47 Å². The first-order chi connectivity index (χ1) is 17.1. The number of pyridine rings is 1. The molecule has 2 aliphatic rings. The maximum atomic E-state index is 12.6. The van der Waals surface area contributed by atoms with Crippen molar-refractivity contribution in [3.8, 4) is 5.75 Å². The molecule has 35 heavy (non-hydrogen) atoms. The Morgan fingerprint density at radius 3 is 2.74 bits per heavy atom. The molecule has 3 heterocycles. The summed E-state index contributed by atoms with van der Waals surface area (Å²) in [5.74, 6) is 0.908. The maximum absolute atomic E-state index is 12.6. The quantitative estimate of drug-likeness (QED) is 0.519. The Bertz CT molecular complexity index is 1140. The van der Waals surface area contributed by atoms with Gasteiger partial charge in [0.15, 0.2) is 0 Å². The van der Waals surface area contributed by atoms with Gasteiger partial charge < -0.3 is 14.4 Å². The van der Waals surface area contributed by atoms with Crippen LogP contribution in [-0.2, 0) is 22.7 Å². The lowest BCUT2D eigenvalue weighted by molar-refractivity contribution is -0.140. The lowest BCUT2D eigenvalue weighted by atomic mass is 9.92. The first kappa shape index (κ1) is 23.5. The molecule has 2 aliphatic heterocycles. The van der Waals surface area contributed by atoms with E-state index in [2.05, 4.69) is 47.1 Å². The summed E-state index contributed by atoms with van der Waals surface area (Å²) in [5.41, 5.74) is 4.04. The number of carbonyl (C=O) groups is 1. The van der Waals surface area contributed by atoms with Crippen LogP contribution in [0.5, 0.6) is 5.75 Å². The largest absolute Gasteiger partial charge is 0.487 e. The SMILES string of the molecule is Cc1ccc(N2CC3(CCCN(Cc4cccc(OCc5ccccn5)c4)CC3)OCC2=O)cc1. The van der Waals surface area contributed by atoms with E-state index in [1.54, 1.807) is 6.20 Å². The molecule has 6 heteroatoms. The molecule has 1 aromatic heterocycles. The number of aromatic nitrogens is 1. The molecule has 1 amide bonds. The Morgan fingerprint density at radius 1 is 1.03 bits per heavy atom. The summed E-state index contributed by atoms with van der Waals surface area (Å²) in [6, 6.07) is 22.4. The third-order valence-electron chi connectivity index (χ3n) is 7.00. The standard InChI is InChI=1S/C29H33N3O3/c1-23-9-11-26(12-10-23)32-22-29(35-21-28(32)33)13-5-16-31(17-14-29)19-24-6-4-8-27(18-24)34-20-25-7-2-3-15-30-25/h2-4,6-12,15,18H,5,13-14,16-17,19-22H2,1H3. The average Bonchev–Trinajstić information content (AvgIpc) is 3.08. The van der Waals surface area contributed by atoms with Crippen LogP contribution in [-0.4, -0.2) is 47.6 Å². The number of hydrogen-bond acceptors (Lipinski definition) is 5. The summed E-state index contributed by atoms with van der Waals surface area (Å²) in [4.78, 5) is 21.4. The monoisotopic (exact) mass is 471 g/mol. The van der Waals surface area contributed by atoms with Gasteiger partial charge in [-0.05, 0) is 74.7 Å². The fourth-order valence-corrected chi connectivity index (χ4v) is 4.99. The molecule has 0 N–H and O–H groups in total. The van der Waals surface area contributed by atoms with Crippen LogP contribution < -0.4 is 9.64 Å².